The Balaban J connectivity index is 0.000000487. The summed E-state index contributed by atoms with van der Waals surface area (Å²) < 4.78 is 5.96. The molecular formula is C18H17ClN2O5. The predicted octanol–water partition coefficient (Wildman–Crippen LogP) is 2.84. The number of carboxylic acid groups (broad SMARTS) is 2. The van der Waals surface area contributed by atoms with Crippen molar-refractivity contribution < 1.29 is 24.5 Å². The molecule has 2 rings (SSSR count). The normalized spacial score (nSPS) is 10.7. The van der Waals surface area contributed by atoms with E-state index in [2.05, 4.69) is 6.07 Å². The summed E-state index contributed by atoms with van der Waals surface area (Å²) in [5.74, 6) is -3.16. The van der Waals surface area contributed by atoms with Gasteiger partial charge in [0.1, 0.15) is 17.9 Å². The number of rotatable bonds is 5. The molecule has 26 heavy (non-hydrogen) atoms. The van der Waals surface area contributed by atoms with Crippen LogP contribution in [0.2, 0.25) is 5.02 Å². The Hall–Kier alpha value is -3.08. The fraction of sp³-hybridized carbons (Fsp3) is 0.167. The SMILES string of the molecule is N#Cc1ccc(Cl)cc1O[C@H](CCN)c1ccccc1.O=C(O)C(=O)O. The van der Waals surface area contributed by atoms with E-state index in [1.807, 2.05) is 30.3 Å². The number of halogens is 1. The summed E-state index contributed by atoms with van der Waals surface area (Å²) >= 11 is 5.97. The lowest BCUT2D eigenvalue weighted by atomic mass is 10.1. The van der Waals surface area contributed by atoms with E-state index in [9.17, 15) is 0 Å². The maximum Gasteiger partial charge on any atom is 0.414 e. The van der Waals surface area contributed by atoms with Gasteiger partial charge in [-0.15, -0.1) is 0 Å². The minimum Gasteiger partial charge on any atom is -0.484 e. The maximum absolute atomic E-state index is 9.12. The fourth-order valence-electron chi connectivity index (χ4n) is 1.95. The molecule has 0 saturated heterocycles. The molecule has 0 aromatic heterocycles. The first-order chi connectivity index (χ1) is 12.4. The summed E-state index contributed by atoms with van der Waals surface area (Å²) in [4.78, 5) is 18.2. The van der Waals surface area contributed by atoms with Crippen molar-refractivity contribution in [3.05, 3.63) is 64.7 Å². The van der Waals surface area contributed by atoms with Gasteiger partial charge < -0.3 is 20.7 Å². The van der Waals surface area contributed by atoms with Crippen LogP contribution in [0.1, 0.15) is 23.7 Å². The molecule has 1 atom stereocenters. The van der Waals surface area contributed by atoms with Crippen LogP contribution in [0.4, 0.5) is 0 Å². The Kier molecular flexibility index (Phi) is 8.64. The molecule has 0 aliphatic rings. The Labute approximate surface area is 155 Å². The maximum atomic E-state index is 9.12. The first-order valence-corrected chi connectivity index (χ1v) is 7.84. The van der Waals surface area contributed by atoms with Gasteiger partial charge in [0.15, 0.2) is 0 Å². The summed E-state index contributed by atoms with van der Waals surface area (Å²) in [5.41, 5.74) is 7.14. The zero-order chi connectivity index (χ0) is 19.5. The van der Waals surface area contributed by atoms with Crippen molar-refractivity contribution in [3.8, 4) is 11.8 Å². The lowest BCUT2D eigenvalue weighted by Crippen LogP contribution is -2.13. The van der Waals surface area contributed by atoms with Crippen LogP contribution in [0.5, 0.6) is 5.75 Å². The van der Waals surface area contributed by atoms with Crippen LogP contribution in [0.15, 0.2) is 48.5 Å². The van der Waals surface area contributed by atoms with Crippen LogP contribution in [0.3, 0.4) is 0 Å². The number of hydrogen-bond donors (Lipinski definition) is 3. The molecule has 4 N–H and O–H groups in total. The molecule has 2 aromatic rings. The monoisotopic (exact) mass is 376 g/mol. The minimum atomic E-state index is -1.82. The molecule has 2 aromatic carbocycles. The van der Waals surface area contributed by atoms with Gasteiger partial charge in [0.05, 0.1) is 5.56 Å². The summed E-state index contributed by atoms with van der Waals surface area (Å²) in [6, 6.07) is 16.9. The highest BCUT2D eigenvalue weighted by atomic mass is 35.5. The van der Waals surface area contributed by atoms with E-state index in [4.69, 9.17) is 47.1 Å². The second-order valence-electron chi connectivity index (χ2n) is 4.96. The van der Waals surface area contributed by atoms with E-state index >= 15 is 0 Å². The highest BCUT2D eigenvalue weighted by molar-refractivity contribution is 6.30. The number of ether oxygens (including phenoxy) is 1. The highest BCUT2D eigenvalue weighted by Gasteiger charge is 2.15. The van der Waals surface area contributed by atoms with Crippen LogP contribution in [-0.2, 0) is 9.59 Å². The highest BCUT2D eigenvalue weighted by Crippen LogP contribution is 2.29. The molecule has 136 valence electrons. The third kappa shape index (κ3) is 6.81. The summed E-state index contributed by atoms with van der Waals surface area (Å²) in [6.45, 7) is 0.502. The van der Waals surface area contributed by atoms with Gasteiger partial charge in [0, 0.05) is 17.5 Å². The van der Waals surface area contributed by atoms with Crippen LogP contribution in [-0.4, -0.2) is 28.7 Å². The first-order valence-electron chi connectivity index (χ1n) is 7.46. The molecule has 0 saturated carbocycles. The summed E-state index contributed by atoms with van der Waals surface area (Å²) in [7, 11) is 0. The number of benzene rings is 2. The third-order valence-corrected chi connectivity index (χ3v) is 3.35. The van der Waals surface area contributed by atoms with Gasteiger partial charge in [0.2, 0.25) is 0 Å². The number of aliphatic carboxylic acids is 2. The quantitative estimate of drug-likeness (QED) is 0.683. The lowest BCUT2D eigenvalue weighted by molar-refractivity contribution is -0.159. The van der Waals surface area contributed by atoms with Crippen molar-refractivity contribution in [2.24, 2.45) is 5.73 Å². The lowest BCUT2D eigenvalue weighted by Gasteiger charge is -2.19. The number of nitrogens with zero attached hydrogens (tertiary/aromatic N) is 1. The molecule has 0 heterocycles. The number of nitriles is 1. The minimum absolute atomic E-state index is 0.188. The van der Waals surface area contributed by atoms with Crippen molar-refractivity contribution in [2.75, 3.05) is 6.54 Å². The van der Waals surface area contributed by atoms with Crippen molar-refractivity contribution in [2.45, 2.75) is 12.5 Å². The molecule has 0 bridgehead atoms. The smallest absolute Gasteiger partial charge is 0.414 e. The molecule has 0 amide bonds. The van der Waals surface area contributed by atoms with Gasteiger partial charge in [-0.25, -0.2) is 9.59 Å². The van der Waals surface area contributed by atoms with Gasteiger partial charge in [-0.1, -0.05) is 41.9 Å². The number of carbonyl (C=O) groups is 2. The van der Waals surface area contributed by atoms with Gasteiger partial charge in [-0.05, 0) is 24.2 Å². The summed E-state index contributed by atoms with van der Waals surface area (Å²) in [5, 5.41) is 24.4. The van der Waals surface area contributed by atoms with E-state index in [1.165, 1.54) is 0 Å². The molecule has 0 aliphatic heterocycles. The molecule has 7 nitrogen and oxygen atoms in total. The van der Waals surface area contributed by atoms with Gasteiger partial charge in [-0.2, -0.15) is 5.26 Å². The van der Waals surface area contributed by atoms with Crippen LogP contribution in [0, 0.1) is 11.3 Å². The van der Waals surface area contributed by atoms with Gasteiger partial charge >= 0.3 is 11.9 Å². The summed E-state index contributed by atoms with van der Waals surface area (Å²) in [6.07, 6.45) is 0.480. The predicted molar refractivity (Wildman–Crippen MR) is 94.9 cm³/mol. The average molecular weight is 377 g/mol. The van der Waals surface area contributed by atoms with E-state index in [-0.39, 0.29) is 6.10 Å². The largest absolute Gasteiger partial charge is 0.484 e. The van der Waals surface area contributed by atoms with Gasteiger partial charge in [0.25, 0.3) is 0 Å². The van der Waals surface area contributed by atoms with Crippen LogP contribution < -0.4 is 10.5 Å². The molecule has 0 aliphatic carbocycles. The fourth-order valence-corrected chi connectivity index (χ4v) is 2.11. The number of hydrogen-bond acceptors (Lipinski definition) is 5. The average Bonchev–Trinajstić information content (AvgIpc) is 2.63. The van der Waals surface area contributed by atoms with Crippen molar-refractivity contribution in [1.82, 2.24) is 0 Å². The molecule has 0 spiro atoms. The van der Waals surface area contributed by atoms with E-state index in [0.29, 0.717) is 29.3 Å². The topological polar surface area (TPSA) is 134 Å². The Morgan fingerprint density at radius 1 is 1.15 bits per heavy atom. The Bertz CT molecular complexity index is 778. The Morgan fingerprint density at radius 2 is 1.77 bits per heavy atom. The molecule has 0 radical (unpaired) electrons. The van der Waals surface area contributed by atoms with Crippen LogP contribution >= 0.6 is 11.6 Å². The molecule has 0 fully saturated rings. The van der Waals surface area contributed by atoms with Crippen LogP contribution in [0.25, 0.3) is 0 Å². The molecule has 8 heteroatoms. The third-order valence-electron chi connectivity index (χ3n) is 3.12. The zero-order valence-corrected chi connectivity index (χ0v) is 14.4. The zero-order valence-electron chi connectivity index (χ0n) is 13.6. The molecule has 0 unspecified atom stereocenters. The second kappa shape index (κ2) is 10.7. The first kappa shape index (κ1) is 21.0. The Morgan fingerprint density at radius 3 is 2.27 bits per heavy atom. The van der Waals surface area contributed by atoms with E-state index in [0.717, 1.165) is 5.56 Å². The molecular weight excluding hydrogens is 360 g/mol. The number of carboxylic acids is 2. The second-order valence-corrected chi connectivity index (χ2v) is 5.39. The van der Waals surface area contributed by atoms with Crippen molar-refractivity contribution in [1.29, 1.82) is 5.26 Å². The van der Waals surface area contributed by atoms with Crippen molar-refractivity contribution >= 4 is 23.5 Å². The van der Waals surface area contributed by atoms with Gasteiger partial charge in [-0.3, -0.25) is 0 Å². The van der Waals surface area contributed by atoms with E-state index in [1.54, 1.807) is 18.2 Å². The van der Waals surface area contributed by atoms with Crippen molar-refractivity contribution in [3.63, 3.8) is 0 Å². The standard InChI is InChI=1S/C16H15ClN2O.C2H2O4/c17-14-7-6-13(11-19)16(10-14)20-15(8-9-18)12-4-2-1-3-5-12;3-1(4)2(5)6/h1-7,10,15H,8-9,18H2;(H,3,4)(H,5,6)/t15-;/m1./s1. The van der Waals surface area contributed by atoms with E-state index < -0.39 is 11.9 Å². The number of nitrogens with two attached hydrogens (primary N) is 1.